The number of aromatic nitrogens is 2. The minimum atomic E-state index is -0.429. The molecule has 2 amide bonds. The number of amides is 2. The molecule has 2 aromatic heterocycles. The lowest BCUT2D eigenvalue weighted by atomic mass is 9.97. The zero-order chi connectivity index (χ0) is 31.1. The average Bonchev–Trinajstić information content (AvgIpc) is 3.73. The molecule has 0 saturated carbocycles. The maximum absolute atomic E-state index is 13.8. The summed E-state index contributed by atoms with van der Waals surface area (Å²) in [4.78, 5) is 44.6. The molecule has 0 bridgehead atoms. The van der Waals surface area contributed by atoms with Crippen molar-refractivity contribution in [2.75, 3.05) is 6.54 Å². The van der Waals surface area contributed by atoms with E-state index in [9.17, 15) is 19.7 Å². The Balaban J connectivity index is 1.33. The Kier molecular flexibility index (Phi) is 9.81. The quantitative estimate of drug-likeness (QED) is 0.122. The van der Waals surface area contributed by atoms with Crippen molar-refractivity contribution in [1.82, 2.24) is 19.8 Å². The van der Waals surface area contributed by atoms with Crippen molar-refractivity contribution in [2.24, 2.45) is 5.92 Å². The fourth-order valence-corrected chi connectivity index (χ4v) is 5.97. The van der Waals surface area contributed by atoms with Crippen LogP contribution in [0.15, 0.2) is 96.8 Å². The number of thiophene rings is 1. The largest absolute Gasteiger partial charge is 0.351 e. The number of nitro groups is 1. The fourth-order valence-electron chi connectivity index (χ4n) is 5.28. The Labute approximate surface area is 260 Å². The SMILES string of the molecule is CC[C@H](C)[C@@H](CN(Cc1cccc2ccccc12)C(=O)c1cccs1)NC(=O)Cc1cncn1Cc1ccc([N+](=O)[O-])cc1. The topological polar surface area (TPSA) is 110 Å². The van der Waals surface area contributed by atoms with Crippen LogP contribution >= 0.6 is 11.3 Å². The van der Waals surface area contributed by atoms with Gasteiger partial charge >= 0.3 is 0 Å². The summed E-state index contributed by atoms with van der Waals surface area (Å²) >= 11 is 1.41. The van der Waals surface area contributed by atoms with E-state index in [1.807, 2.05) is 45.2 Å². The van der Waals surface area contributed by atoms with Crippen molar-refractivity contribution in [1.29, 1.82) is 0 Å². The fraction of sp³-hybridized carbons (Fsp3) is 0.265. The zero-order valence-electron chi connectivity index (χ0n) is 24.8. The highest BCUT2D eigenvalue weighted by atomic mass is 32.1. The van der Waals surface area contributed by atoms with Gasteiger partial charge in [0.1, 0.15) is 0 Å². The van der Waals surface area contributed by atoms with Crippen molar-refractivity contribution >= 4 is 39.6 Å². The van der Waals surface area contributed by atoms with Crippen molar-refractivity contribution in [3.8, 4) is 0 Å². The number of carbonyl (C=O) groups excluding carboxylic acids is 2. The van der Waals surface area contributed by atoms with Crippen molar-refractivity contribution in [2.45, 2.75) is 45.8 Å². The van der Waals surface area contributed by atoms with Crippen molar-refractivity contribution < 1.29 is 14.5 Å². The molecule has 0 spiro atoms. The minimum Gasteiger partial charge on any atom is -0.351 e. The van der Waals surface area contributed by atoms with Crippen LogP contribution in [0, 0.1) is 16.0 Å². The molecule has 0 aliphatic rings. The van der Waals surface area contributed by atoms with Gasteiger partial charge in [-0.3, -0.25) is 19.7 Å². The number of benzene rings is 3. The number of carbonyl (C=O) groups is 2. The van der Waals surface area contributed by atoms with E-state index in [2.05, 4.69) is 48.4 Å². The second kappa shape index (κ2) is 14.1. The van der Waals surface area contributed by atoms with E-state index in [4.69, 9.17) is 0 Å². The van der Waals surface area contributed by atoms with Crippen LogP contribution in [-0.4, -0.2) is 43.8 Å². The molecule has 9 nitrogen and oxygen atoms in total. The van der Waals surface area contributed by atoms with E-state index in [-0.39, 0.29) is 35.9 Å². The first-order chi connectivity index (χ1) is 21.3. The predicted molar refractivity (Wildman–Crippen MR) is 173 cm³/mol. The third kappa shape index (κ3) is 7.38. The average molecular weight is 610 g/mol. The van der Waals surface area contributed by atoms with Gasteiger partial charge in [-0.05, 0) is 39.3 Å². The standard InChI is InChI=1S/C34H35N5O4S/c1-3-24(2)31(36-33(40)18-29-19-35-23-38(29)20-25-13-15-28(16-14-25)39(42)43)22-37(34(41)32-12-7-17-44-32)21-27-10-6-9-26-8-4-5-11-30(26)27/h4-17,19,23-24,31H,3,18,20-22H2,1-2H3,(H,36,40)/t24-,31+/m0/s1. The number of non-ortho nitro benzene ring substituents is 1. The van der Waals surface area contributed by atoms with Gasteiger partial charge in [-0.25, -0.2) is 4.98 Å². The molecule has 226 valence electrons. The lowest BCUT2D eigenvalue weighted by Crippen LogP contribution is -2.49. The summed E-state index contributed by atoms with van der Waals surface area (Å²) in [7, 11) is 0. The molecule has 0 fully saturated rings. The van der Waals surface area contributed by atoms with Gasteiger partial charge in [0.25, 0.3) is 11.6 Å². The third-order valence-corrected chi connectivity index (χ3v) is 8.85. The Morgan fingerprint density at radius 3 is 2.55 bits per heavy atom. The summed E-state index contributed by atoms with van der Waals surface area (Å²) in [5.41, 5.74) is 2.68. The van der Waals surface area contributed by atoms with Crippen LogP contribution < -0.4 is 5.32 Å². The third-order valence-electron chi connectivity index (χ3n) is 7.99. The maximum Gasteiger partial charge on any atom is 0.269 e. The predicted octanol–water partition coefficient (Wildman–Crippen LogP) is 6.47. The van der Waals surface area contributed by atoms with E-state index < -0.39 is 4.92 Å². The molecular weight excluding hydrogens is 574 g/mol. The molecule has 0 aliphatic carbocycles. The number of fused-ring (bicyclic) bond motifs is 1. The van der Waals surface area contributed by atoms with Crippen LogP contribution in [0.5, 0.6) is 0 Å². The number of hydrogen-bond donors (Lipinski definition) is 1. The van der Waals surface area contributed by atoms with E-state index in [1.165, 1.54) is 23.5 Å². The Bertz CT molecular complexity index is 1730. The number of imidazole rings is 1. The number of nitro benzene ring substituents is 1. The zero-order valence-corrected chi connectivity index (χ0v) is 25.6. The van der Waals surface area contributed by atoms with Gasteiger partial charge in [0.2, 0.25) is 5.91 Å². The molecule has 2 heterocycles. The Morgan fingerprint density at radius 1 is 1.05 bits per heavy atom. The van der Waals surface area contributed by atoms with E-state index >= 15 is 0 Å². The normalized spacial score (nSPS) is 12.5. The van der Waals surface area contributed by atoms with Crippen LogP contribution in [0.4, 0.5) is 5.69 Å². The van der Waals surface area contributed by atoms with Crippen LogP contribution in [0.25, 0.3) is 10.8 Å². The molecule has 0 saturated heterocycles. The van der Waals surface area contributed by atoms with Crippen LogP contribution in [-0.2, 0) is 24.3 Å². The lowest BCUT2D eigenvalue weighted by Gasteiger charge is -2.32. The summed E-state index contributed by atoms with van der Waals surface area (Å²) in [5, 5.41) is 18.3. The summed E-state index contributed by atoms with van der Waals surface area (Å²) in [6.45, 7) is 5.39. The monoisotopic (exact) mass is 609 g/mol. The Morgan fingerprint density at radius 2 is 1.82 bits per heavy atom. The Hall–Kier alpha value is -4.83. The molecule has 3 aromatic carbocycles. The van der Waals surface area contributed by atoms with Crippen molar-refractivity contribution in [3.05, 3.63) is 129 Å². The number of nitrogens with zero attached hydrogens (tertiary/aromatic N) is 4. The van der Waals surface area contributed by atoms with Gasteiger partial charge in [0, 0.05) is 49.7 Å². The van der Waals surface area contributed by atoms with Crippen molar-refractivity contribution in [3.63, 3.8) is 0 Å². The molecule has 0 unspecified atom stereocenters. The molecule has 1 N–H and O–H groups in total. The number of nitrogens with one attached hydrogen (secondary N) is 1. The maximum atomic E-state index is 13.8. The summed E-state index contributed by atoms with van der Waals surface area (Å²) < 4.78 is 1.87. The van der Waals surface area contributed by atoms with Gasteiger partial charge in [0.05, 0.1) is 22.5 Å². The molecular formula is C34H35N5O4S. The first-order valence-corrected chi connectivity index (χ1v) is 15.5. The second-order valence-corrected chi connectivity index (χ2v) is 11.9. The van der Waals surface area contributed by atoms with Crippen LogP contribution in [0.1, 0.15) is 46.8 Å². The molecule has 5 aromatic rings. The van der Waals surface area contributed by atoms with Gasteiger partial charge in [-0.2, -0.15) is 0 Å². The van der Waals surface area contributed by atoms with Crippen LogP contribution in [0.2, 0.25) is 0 Å². The molecule has 2 atom stereocenters. The van der Waals surface area contributed by atoms with E-state index in [0.29, 0.717) is 24.5 Å². The first-order valence-electron chi connectivity index (χ1n) is 14.6. The van der Waals surface area contributed by atoms with Gasteiger partial charge < -0.3 is 14.8 Å². The smallest absolute Gasteiger partial charge is 0.269 e. The molecule has 44 heavy (non-hydrogen) atoms. The van der Waals surface area contributed by atoms with Gasteiger partial charge in [-0.15, -0.1) is 11.3 Å². The second-order valence-electron chi connectivity index (χ2n) is 11.0. The lowest BCUT2D eigenvalue weighted by molar-refractivity contribution is -0.384. The summed E-state index contributed by atoms with van der Waals surface area (Å²) in [6, 6.07) is 24.1. The summed E-state index contributed by atoms with van der Waals surface area (Å²) in [5.74, 6) is -0.0961. The van der Waals surface area contributed by atoms with Crippen LogP contribution in [0.3, 0.4) is 0 Å². The highest BCUT2D eigenvalue weighted by Gasteiger charge is 2.26. The van der Waals surface area contributed by atoms with E-state index in [1.54, 1.807) is 24.7 Å². The summed E-state index contributed by atoms with van der Waals surface area (Å²) in [6.07, 6.45) is 4.26. The van der Waals surface area contributed by atoms with Gasteiger partial charge in [0.15, 0.2) is 0 Å². The number of hydrogen-bond acceptors (Lipinski definition) is 6. The van der Waals surface area contributed by atoms with Gasteiger partial charge in [-0.1, -0.05) is 80.9 Å². The molecule has 10 heteroatoms. The molecule has 5 rings (SSSR count). The first kappa shape index (κ1) is 30.6. The highest BCUT2D eigenvalue weighted by molar-refractivity contribution is 7.12. The highest BCUT2D eigenvalue weighted by Crippen LogP contribution is 2.23. The van der Waals surface area contributed by atoms with E-state index in [0.717, 1.165) is 34.0 Å². The number of rotatable bonds is 13. The molecule has 0 aliphatic heterocycles. The molecule has 0 radical (unpaired) electrons. The minimum absolute atomic E-state index is 0.0297.